The van der Waals surface area contributed by atoms with Gasteiger partial charge in [-0.05, 0) is 55.0 Å². The van der Waals surface area contributed by atoms with Gasteiger partial charge in [-0.1, -0.05) is 41.9 Å². The summed E-state index contributed by atoms with van der Waals surface area (Å²) in [5.41, 5.74) is 0.754. The molecule has 0 bridgehead atoms. The number of anilines is 1. The molecule has 1 N–H and O–H groups in total. The third-order valence-electron chi connectivity index (χ3n) is 4.89. The number of rotatable bonds is 4. The highest BCUT2D eigenvalue weighted by Gasteiger charge is 2.35. The number of hydrogen-bond acceptors (Lipinski definition) is 2. The minimum absolute atomic E-state index is 0.0377. The number of benzene rings is 3. The molecule has 4 rings (SSSR count). The average molecular weight is 474 g/mol. The Labute approximate surface area is 191 Å². The molecule has 0 saturated heterocycles. The summed E-state index contributed by atoms with van der Waals surface area (Å²) in [4.78, 5) is 12.5. The van der Waals surface area contributed by atoms with Gasteiger partial charge in [0.2, 0.25) is 0 Å². The Hall–Kier alpha value is -3.65. The summed E-state index contributed by atoms with van der Waals surface area (Å²) in [7, 11) is 0. The van der Waals surface area contributed by atoms with Crippen molar-refractivity contribution in [2.75, 3.05) is 5.32 Å². The van der Waals surface area contributed by atoms with E-state index in [1.807, 2.05) is 0 Å². The topological polar surface area (TPSA) is 46.9 Å². The van der Waals surface area contributed by atoms with Gasteiger partial charge in [-0.2, -0.15) is 18.3 Å². The number of nitrogens with zero attached hydrogens (tertiary/aromatic N) is 2. The second-order valence-corrected chi connectivity index (χ2v) is 7.70. The fourth-order valence-electron chi connectivity index (χ4n) is 3.25. The molecule has 0 spiro atoms. The van der Waals surface area contributed by atoms with E-state index in [0.29, 0.717) is 5.56 Å². The van der Waals surface area contributed by atoms with Crippen molar-refractivity contribution in [3.63, 3.8) is 0 Å². The van der Waals surface area contributed by atoms with Crippen LogP contribution in [0.25, 0.3) is 16.9 Å². The van der Waals surface area contributed by atoms with E-state index in [1.54, 1.807) is 37.3 Å². The maximum atomic E-state index is 13.9. The van der Waals surface area contributed by atoms with Crippen LogP contribution >= 0.6 is 11.6 Å². The highest BCUT2D eigenvalue weighted by Crippen LogP contribution is 2.34. The van der Waals surface area contributed by atoms with Gasteiger partial charge >= 0.3 is 6.18 Å². The molecule has 3 aromatic carbocycles. The Bertz CT molecular complexity index is 1330. The largest absolute Gasteiger partial charge is 0.435 e. The van der Waals surface area contributed by atoms with Gasteiger partial charge in [0, 0.05) is 11.1 Å². The van der Waals surface area contributed by atoms with Crippen molar-refractivity contribution in [1.82, 2.24) is 9.78 Å². The molecule has 0 fully saturated rings. The van der Waals surface area contributed by atoms with E-state index in [0.717, 1.165) is 16.3 Å². The zero-order chi connectivity index (χ0) is 23.8. The number of halogens is 5. The molecule has 168 valence electrons. The van der Waals surface area contributed by atoms with Crippen LogP contribution in [0.2, 0.25) is 5.02 Å². The SMILES string of the molecule is Cc1ccc(F)c(NC(=O)c2ccc(-c3cc(C(F)(F)F)nn3-c3ccccc3Cl)cc2)c1. The highest BCUT2D eigenvalue weighted by atomic mass is 35.5. The lowest BCUT2D eigenvalue weighted by molar-refractivity contribution is -0.141. The fourth-order valence-corrected chi connectivity index (χ4v) is 3.47. The zero-order valence-electron chi connectivity index (χ0n) is 17.1. The van der Waals surface area contributed by atoms with Crippen molar-refractivity contribution in [1.29, 1.82) is 0 Å². The van der Waals surface area contributed by atoms with E-state index in [2.05, 4.69) is 10.4 Å². The van der Waals surface area contributed by atoms with Crippen LogP contribution in [0.15, 0.2) is 72.8 Å². The predicted molar refractivity (Wildman–Crippen MR) is 118 cm³/mol. The summed E-state index contributed by atoms with van der Waals surface area (Å²) in [6.45, 7) is 1.77. The monoisotopic (exact) mass is 473 g/mol. The quantitative estimate of drug-likeness (QED) is 0.327. The van der Waals surface area contributed by atoms with Crippen LogP contribution in [0.1, 0.15) is 21.6 Å². The number of aryl methyl sites for hydroxylation is 1. The lowest BCUT2D eigenvalue weighted by Gasteiger charge is -2.10. The molecule has 0 aliphatic heterocycles. The molecule has 1 aromatic heterocycles. The number of hydrogen-bond donors (Lipinski definition) is 1. The molecule has 0 saturated carbocycles. The minimum Gasteiger partial charge on any atom is -0.319 e. The van der Waals surface area contributed by atoms with E-state index in [9.17, 15) is 22.4 Å². The minimum atomic E-state index is -4.65. The molecule has 0 atom stereocenters. The molecular weight excluding hydrogens is 458 g/mol. The van der Waals surface area contributed by atoms with Crippen LogP contribution in [0.5, 0.6) is 0 Å². The van der Waals surface area contributed by atoms with Gasteiger partial charge in [0.25, 0.3) is 5.91 Å². The highest BCUT2D eigenvalue weighted by molar-refractivity contribution is 6.32. The van der Waals surface area contributed by atoms with Gasteiger partial charge in [-0.25, -0.2) is 9.07 Å². The predicted octanol–water partition coefficient (Wildman–Crippen LogP) is 6.91. The molecule has 0 aliphatic carbocycles. The van der Waals surface area contributed by atoms with Gasteiger partial charge in [-0.15, -0.1) is 0 Å². The van der Waals surface area contributed by atoms with Crippen molar-refractivity contribution in [3.05, 3.63) is 100 Å². The summed E-state index contributed by atoms with van der Waals surface area (Å²) >= 11 is 6.18. The van der Waals surface area contributed by atoms with Crippen LogP contribution in [0, 0.1) is 12.7 Å². The standard InChI is InChI=1S/C24H16ClF4N3O/c1-14-6-11-18(26)19(12-14)30-23(33)16-9-7-15(8-10-16)21-13-22(24(27,28)29)31-32(21)20-5-3-2-4-17(20)25/h2-13H,1H3,(H,30,33). The van der Waals surface area contributed by atoms with Gasteiger partial charge in [0.05, 0.1) is 22.1 Å². The molecule has 33 heavy (non-hydrogen) atoms. The molecule has 1 heterocycles. The Kier molecular flexibility index (Phi) is 5.95. The number of carbonyl (C=O) groups excluding carboxylic acids is 1. The molecule has 0 radical (unpaired) electrons. The Morgan fingerprint density at radius 3 is 2.36 bits per heavy atom. The second-order valence-electron chi connectivity index (χ2n) is 7.29. The van der Waals surface area contributed by atoms with E-state index in [4.69, 9.17) is 11.6 Å². The molecular formula is C24H16ClF4N3O. The Balaban J connectivity index is 1.69. The summed E-state index contributed by atoms with van der Waals surface area (Å²) in [6, 6.07) is 17.5. The summed E-state index contributed by atoms with van der Waals surface area (Å²) in [6.07, 6.45) is -4.65. The van der Waals surface area contributed by atoms with Gasteiger partial charge in [0.1, 0.15) is 5.82 Å². The normalized spacial score (nSPS) is 11.5. The number of carbonyl (C=O) groups is 1. The lowest BCUT2D eigenvalue weighted by Crippen LogP contribution is -2.13. The third-order valence-corrected chi connectivity index (χ3v) is 5.21. The van der Waals surface area contributed by atoms with Crippen LogP contribution in [-0.4, -0.2) is 15.7 Å². The number of nitrogens with one attached hydrogen (secondary N) is 1. The third kappa shape index (κ3) is 4.75. The van der Waals surface area contributed by atoms with Crippen LogP contribution in [-0.2, 0) is 6.18 Å². The number of para-hydroxylation sites is 1. The molecule has 0 aliphatic rings. The summed E-state index contributed by atoms with van der Waals surface area (Å²) < 4.78 is 55.1. The van der Waals surface area contributed by atoms with E-state index in [-0.39, 0.29) is 27.7 Å². The van der Waals surface area contributed by atoms with Crippen LogP contribution in [0.3, 0.4) is 0 Å². The molecule has 1 amide bonds. The van der Waals surface area contributed by atoms with Crippen molar-refractivity contribution < 1.29 is 22.4 Å². The van der Waals surface area contributed by atoms with Gasteiger partial charge in [-0.3, -0.25) is 4.79 Å². The first kappa shape index (κ1) is 22.5. The first-order chi connectivity index (χ1) is 15.6. The maximum absolute atomic E-state index is 13.9. The maximum Gasteiger partial charge on any atom is 0.435 e. The van der Waals surface area contributed by atoms with Crippen molar-refractivity contribution in [2.45, 2.75) is 13.1 Å². The van der Waals surface area contributed by atoms with Gasteiger partial charge in [0.15, 0.2) is 5.69 Å². The molecule has 4 aromatic rings. The molecule has 4 nitrogen and oxygen atoms in total. The summed E-state index contributed by atoms with van der Waals surface area (Å²) in [5.74, 6) is -1.13. The van der Waals surface area contributed by atoms with Crippen molar-refractivity contribution in [2.24, 2.45) is 0 Å². The van der Waals surface area contributed by atoms with E-state index >= 15 is 0 Å². The van der Waals surface area contributed by atoms with Crippen LogP contribution < -0.4 is 5.32 Å². The Morgan fingerprint density at radius 1 is 1.00 bits per heavy atom. The first-order valence-electron chi connectivity index (χ1n) is 9.73. The average Bonchev–Trinajstić information content (AvgIpc) is 3.22. The molecule has 0 unspecified atom stereocenters. The molecule has 9 heteroatoms. The smallest absolute Gasteiger partial charge is 0.319 e. The zero-order valence-corrected chi connectivity index (χ0v) is 17.9. The fraction of sp³-hybridized carbons (Fsp3) is 0.0833. The van der Waals surface area contributed by atoms with Gasteiger partial charge < -0.3 is 5.32 Å². The second kappa shape index (κ2) is 8.71. The lowest BCUT2D eigenvalue weighted by atomic mass is 10.1. The van der Waals surface area contributed by atoms with E-state index in [1.165, 1.54) is 36.4 Å². The van der Waals surface area contributed by atoms with E-state index < -0.39 is 23.6 Å². The Morgan fingerprint density at radius 2 is 1.70 bits per heavy atom. The first-order valence-corrected chi connectivity index (χ1v) is 10.1. The van der Waals surface area contributed by atoms with Crippen molar-refractivity contribution >= 4 is 23.2 Å². The number of amides is 1. The summed E-state index contributed by atoms with van der Waals surface area (Å²) in [5, 5.41) is 6.43. The number of aromatic nitrogens is 2. The van der Waals surface area contributed by atoms with Crippen LogP contribution in [0.4, 0.5) is 23.2 Å². The number of alkyl halides is 3. The van der Waals surface area contributed by atoms with Crippen molar-refractivity contribution in [3.8, 4) is 16.9 Å².